The van der Waals surface area contributed by atoms with Gasteiger partial charge < -0.3 is 20.4 Å². The highest BCUT2D eigenvalue weighted by atomic mass is 16.5. The number of hydrogen-bond acceptors (Lipinski definition) is 4. The summed E-state index contributed by atoms with van der Waals surface area (Å²) >= 11 is 0. The van der Waals surface area contributed by atoms with E-state index in [1.165, 1.54) is 10.9 Å². The Kier molecular flexibility index (Phi) is 5.64. The molecule has 1 aromatic carbocycles. The van der Waals surface area contributed by atoms with Crippen LogP contribution in [0.3, 0.4) is 0 Å². The first-order chi connectivity index (χ1) is 12.3. The first-order valence-electron chi connectivity index (χ1n) is 8.30. The summed E-state index contributed by atoms with van der Waals surface area (Å²) in [5, 5.41) is 7.31. The number of rotatable bonds is 8. The van der Waals surface area contributed by atoms with Gasteiger partial charge in [0.1, 0.15) is 5.69 Å². The summed E-state index contributed by atoms with van der Waals surface area (Å²) in [6, 6.07) is 11.7. The monoisotopic (exact) mass is 338 g/mol. The second kappa shape index (κ2) is 8.30. The Labute approximate surface area is 146 Å². The number of para-hydroxylation sites is 1. The summed E-state index contributed by atoms with van der Waals surface area (Å²) in [4.78, 5) is 19.7. The average molecular weight is 338 g/mol. The van der Waals surface area contributed by atoms with E-state index in [4.69, 9.17) is 4.74 Å². The fraction of sp³-hybridized carbons (Fsp3) is 0.263. The van der Waals surface area contributed by atoms with Crippen LogP contribution in [0.15, 0.2) is 48.8 Å². The van der Waals surface area contributed by atoms with E-state index in [2.05, 4.69) is 26.7 Å². The van der Waals surface area contributed by atoms with Crippen LogP contribution in [-0.2, 0) is 11.2 Å². The Hall–Kier alpha value is -2.86. The number of benzene rings is 1. The molecule has 0 fully saturated rings. The van der Waals surface area contributed by atoms with Crippen molar-refractivity contribution in [3.63, 3.8) is 0 Å². The molecule has 0 saturated heterocycles. The SMILES string of the molecule is COCCNc1ccnc(C(=O)NCCc2c[nH]c3ccccc23)c1. The van der Waals surface area contributed by atoms with Crippen molar-refractivity contribution in [1.29, 1.82) is 0 Å². The van der Waals surface area contributed by atoms with E-state index < -0.39 is 0 Å². The van der Waals surface area contributed by atoms with Gasteiger partial charge in [0, 0.05) is 49.2 Å². The van der Waals surface area contributed by atoms with Gasteiger partial charge in [-0.3, -0.25) is 9.78 Å². The fourth-order valence-corrected chi connectivity index (χ4v) is 2.70. The molecule has 3 aromatic rings. The van der Waals surface area contributed by atoms with E-state index in [1.807, 2.05) is 30.5 Å². The molecule has 3 rings (SSSR count). The number of H-pyrrole nitrogens is 1. The van der Waals surface area contributed by atoms with Crippen LogP contribution in [0.4, 0.5) is 5.69 Å². The fourth-order valence-electron chi connectivity index (χ4n) is 2.70. The van der Waals surface area contributed by atoms with Crippen molar-refractivity contribution in [1.82, 2.24) is 15.3 Å². The number of nitrogens with zero attached hydrogens (tertiary/aromatic N) is 1. The highest BCUT2D eigenvalue weighted by Crippen LogP contribution is 2.17. The molecule has 3 N–H and O–H groups in total. The summed E-state index contributed by atoms with van der Waals surface area (Å²) in [5.74, 6) is -0.171. The number of amides is 1. The van der Waals surface area contributed by atoms with Gasteiger partial charge in [0.05, 0.1) is 6.61 Å². The van der Waals surface area contributed by atoms with Crippen molar-refractivity contribution in [2.75, 3.05) is 32.1 Å². The maximum Gasteiger partial charge on any atom is 0.269 e. The maximum atomic E-state index is 12.3. The number of pyridine rings is 1. The van der Waals surface area contributed by atoms with Gasteiger partial charge in [0.15, 0.2) is 0 Å². The lowest BCUT2D eigenvalue weighted by molar-refractivity contribution is 0.0949. The van der Waals surface area contributed by atoms with E-state index in [9.17, 15) is 4.79 Å². The van der Waals surface area contributed by atoms with Crippen molar-refractivity contribution >= 4 is 22.5 Å². The maximum absolute atomic E-state index is 12.3. The summed E-state index contributed by atoms with van der Waals surface area (Å²) in [5.41, 5.74) is 3.56. The van der Waals surface area contributed by atoms with Crippen LogP contribution in [0.1, 0.15) is 16.1 Å². The predicted octanol–water partition coefficient (Wildman–Crippen LogP) is 2.59. The van der Waals surface area contributed by atoms with Crippen molar-refractivity contribution in [2.24, 2.45) is 0 Å². The molecule has 0 bridgehead atoms. The Bertz CT molecular complexity index is 844. The summed E-state index contributed by atoms with van der Waals surface area (Å²) in [6.07, 6.45) is 4.39. The van der Waals surface area contributed by atoms with Crippen LogP contribution < -0.4 is 10.6 Å². The number of nitrogens with one attached hydrogen (secondary N) is 3. The van der Waals surface area contributed by atoms with Crippen molar-refractivity contribution in [3.8, 4) is 0 Å². The zero-order valence-electron chi connectivity index (χ0n) is 14.2. The lowest BCUT2D eigenvalue weighted by atomic mass is 10.1. The number of aromatic amines is 1. The minimum atomic E-state index is -0.171. The molecule has 0 aliphatic rings. The molecule has 0 spiro atoms. The zero-order valence-corrected chi connectivity index (χ0v) is 14.2. The van der Waals surface area contributed by atoms with E-state index in [0.29, 0.717) is 25.4 Å². The van der Waals surface area contributed by atoms with E-state index in [-0.39, 0.29) is 5.91 Å². The third kappa shape index (κ3) is 4.36. The first kappa shape index (κ1) is 17.0. The third-order valence-corrected chi connectivity index (χ3v) is 3.98. The quantitative estimate of drug-likeness (QED) is 0.552. The minimum absolute atomic E-state index is 0.171. The Balaban J connectivity index is 1.55. The van der Waals surface area contributed by atoms with Crippen LogP contribution in [0.2, 0.25) is 0 Å². The number of hydrogen-bond donors (Lipinski definition) is 3. The van der Waals surface area contributed by atoms with Gasteiger partial charge in [-0.2, -0.15) is 0 Å². The topological polar surface area (TPSA) is 79.0 Å². The van der Waals surface area contributed by atoms with E-state index in [0.717, 1.165) is 17.6 Å². The number of methoxy groups -OCH3 is 1. The number of carbonyl (C=O) groups is 1. The largest absolute Gasteiger partial charge is 0.383 e. The van der Waals surface area contributed by atoms with Gasteiger partial charge >= 0.3 is 0 Å². The molecule has 0 atom stereocenters. The molecule has 0 saturated carbocycles. The number of fused-ring (bicyclic) bond motifs is 1. The number of anilines is 1. The number of ether oxygens (including phenoxy) is 1. The molecule has 0 radical (unpaired) electrons. The summed E-state index contributed by atoms with van der Waals surface area (Å²) < 4.78 is 5.00. The molecule has 0 aliphatic heterocycles. The van der Waals surface area contributed by atoms with Crippen LogP contribution in [0.5, 0.6) is 0 Å². The molecular formula is C19H22N4O2. The van der Waals surface area contributed by atoms with Crippen molar-refractivity contribution in [2.45, 2.75) is 6.42 Å². The molecule has 0 unspecified atom stereocenters. The Morgan fingerprint density at radius 1 is 1.24 bits per heavy atom. The van der Waals surface area contributed by atoms with Crippen molar-refractivity contribution in [3.05, 3.63) is 60.0 Å². The average Bonchev–Trinajstić information content (AvgIpc) is 3.05. The molecule has 6 heteroatoms. The normalized spacial score (nSPS) is 10.8. The molecule has 25 heavy (non-hydrogen) atoms. The van der Waals surface area contributed by atoms with Gasteiger partial charge in [-0.25, -0.2) is 0 Å². The summed E-state index contributed by atoms with van der Waals surface area (Å²) in [7, 11) is 1.65. The van der Waals surface area contributed by atoms with E-state index in [1.54, 1.807) is 19.4 Å². The minimum Gasteiger partial charge on any atom is -0.383 e. The van der Waals surface area contributed by atoms with Crippen LogP contribution >= 0.6 is 0 Å². The van der Waals surface area contributed by atoms with Crippen LogP contribution in [0.25, 0.3) is 10.9 Å². The van der Waals surface area contributed by atoms with Crippen LogP contribution in [0, 0.1) is 0 Å². The lowest BCUT2D eigenvalue weighted by Gasteiger charge is -2.08. The van der Waals surface area contributed by atoms with Gasteiger partial charge in [-0.1, -0.05) is 18.2 Å². The molecule has 2 aromatic heterocycles. The lowest BCUT2D eigenvalue weighted by Crippen LogP contribution is -2.26. The first-order valence-corrected chi connectivity index (χ1v) is 8.30. The zero-order chi connectivity index (χ0) is 17.5. The predicted molar refractivity (Wildman–Crippen MR) is 98.9 cm³/mol. The van der Waals surface area contributed by atoms with Crippen molar-refractivity contribution < 1.29 is 9.53 Å². The number of carbonyl (C=O) groups excluding carboxylic acids is 1. The van der Waals surface area contributed by atoms with Gasteiger partial charge in [0.2, 0.25) is 0 Å². The molecule has 130 valence electrons. The molecular weight excluding hydrogens is 316 g/mol. The Morgan fingerprint density at radius 3 is 3.00 bits per heavy atom. The highest BCUT2D eigenvalue weighted by molar-refractivity contribution is 5.93. The third-order valence-electron chi connectivity index (χ3n) is 3.98. The second-order valence-corrected chi connectivity index (χ2v) is 5.71. The smallest absolute Gasteiger partial charge is 0.269 e. The van der Waals surface area contributed by atoms with Crippen LogP contribution in [-0.4, -0.2) is 42.7 Å². The molecule has 1 amide bonds. The molecule has 2 heterocycles. The number of aromatic nitrogens is 2. The molecule has 6 nitrogen and oxygen atoms in total. The van der Waals surface area contributed by atoms with E-state index >= 15 is 0 Å². The second-order valence-electron chi connectivity index (χ2n) is 5.71. The van der Waals surface area contributed by atoms with Gasteiger partial charge in [0.25, 0.3) is 5.91 Å². The molecule has 0 aliphatic carbocycles. The highest BCUT2D eigenvalue weighted by Gasteiger charge is 2.08. The summed E-state index contributed by atoms with van der Waals surface area (Å²) in [6.45, 7) is 1.85. The Morgan fingerprint density at radius 2 is 2.12 bits per heavy atom. The van der Waals surface area contributed by atoms with Gasteiger partial charge in [-0.05, 0) is 30.2 Å². The van der Waals surface area contributed by atoms with Gasteiger partial charge in [-0.15, -0.1) is 0 Å². The standard InChI is InChI=1S/C19H22N4O2/c1-25-11-10-20-15-7-9-21-18(12-15)19(24)22-8-6-14-13-23-17-5-3-2-4-16(14)17/h2-5,7,9,12-13,23H,6,8,10-11H2,1H3,(H,20,21)(H,22,24).